The number of aryl methyl sites for hydroxylation is 1. The van der Waals surface area contributed by atoms with Gasteiger partial charge in [0.05, 0.1) is 18.9 Å². The van der Waals surface area contributed by atoms with Gasteiger partial charge in [-0.05, 0) is 19.8 Å². The molecular weight excluding hydrogens is 218 g/mol. The van der Waals surface area contributed by atoms with E-state index in [2.05, 4.69) is 5.10 Å². The van der Waals surface area contributed by atoms with Crippen molar-refractivity contribution in [1.29, 1.82) is 0 Å². The van der Waals surface area contributed by atoms with E-state index in [1.54, 1.807) is 10.9 Å². The van der Waals surface area contributed by atoms with Crippen molar-refractivity contribution in [3.63, 3.8) is 0 Å². The van der Waals surface area contributed by atoms with Crippen LogP contribution in [0.1, 0.15) is 30.2 Å². The van der Waals surface area contributed by atoms with Crippen LogP contribution in [0.5, 0.6) is 0 Å². The zero-order chi connectivity index (χ0) is 12.5. The first-order valence-electron chi connectivity index (χ1n) is 6.05. The third-order valence-electron chi connectivity index (χ3n) is 3.91. The van der Waals surface area contributed by atoms with Gasteiger partial charge in [-0.1, -0.05) is 0 Å². The summed E-state index contributed by atoms with van der Waals surface area (Å²) in [5.74, 6) is 0. The van der Waals surface area contributed by atoms with E-state index < -0.39 is 6.10 Å². The van der Waals surface area contributed by atoms with Gasteiger partial charge in [0, 0.05) is 36.9 Å². The number of hydrogen-bond acceptors (Lipinski definition) is 4. The molecule has 1 aromatic heterocycles. The number of nitrogens with zero attached hydrogens (tertiary/aromatic N) is 2. The molecule has 2 heterocycles. The highest BCUT2D eigenvalue weighted by Gasteiger charge is 2.40. The molecule has 0 aliphatic carbocycles. The van der Waals surface area contributed by atoms with E-state index in [0.717, 1.165) is 30.7 Å². The van der Waals surface area contributed by atoms with Crippen LogP contribution in [0.25, 0.3) is 0 Å². The Bertz CT molecular complexity index is 383. The highest BCUT2D eigenvalue weighted by molar-refractivity contribution is 5.22. The van der Waals surface area contributed by atoms with Gasteiger partial charge in [-0.2, -0.15) is 5.10 Å². The number of nitrogens with two attached hydrogens (primary N) is 1. The monoisotopic (exact) mass is 239 g/mol. The summed E-state index contributed by atoms with van der Waals surface area (Å²) in [6.45, 7) is 3.68. The van der Waals surface area contributed by atoms with E-state index in [4.69, 9.17) is 10.5 Å². The predicted molar refractivity (Wildman–Crippen MR) is 64.4 cm³/mol. The van der Waals surface area contributed by atoms with Crippen molar-refractivity contribution in [1.82, 2.24) is 9.78 Å². The molecule has 5 heteroatoms. The molecule has 3 N–H and O–H groups in total. The second-order valence-electron chi connectivity index (χ2n) is 4.93. The van der Waals surface area contributed by atoms with Crippen molar-refractivity contribution in [3.8, 4) is 0 Å². The molecule has 0 aromatic carbocycles. The maximum Gasteiger partial charge on any atom is 0.0913 e. The summed E-state index contributed by atoms with van der Waals surface area (Å²) >= 11 is 0. The lowest BCUT2D eigenvalue weighted by Crippen LogP contribution is -2.43. The molecule has 0 amide bonds. The Balaban J connectivity index is 2.28. The Morgan fingerprint density at radius 3 is 2.94 bits per heavy atom. The van der Waals surface area contributed by atoms with Crippen molar-refractivity contribution in [3.05, 3.63) is 17.5 Å². The maximum atomic E-state index is 10.6. The lowest BCUT2D eigenvalue weighted by Gasteiger charge is -2.39. The van der Waals surface area contributed by atoms with Gasteiger partial charge in [0.1, 0.15) is 0 Å². The third-order valence-corrected chi connectivity index (χ3v) is 3.91. The Kier molecular flexibility index (Phi) is 3.51. The van der Waals surface area contributed by atoms with Crippen LogP contribution in [0.3, 0.4) is 0 Å². The van der Waals surface area contributed by atoms with Gasteiger partial charge < -0.3 is 15.6 Å². The number of rotatable bonds is 3. The molecule has 96 valence electrons. The minimum atomic E-state index is -0.596. The van der Waals surface area contributed by atoms with Crippen LogP contribution in [0.15, 0.2) is 6.20 Å². The van der Waals surface area contributed by atoms with Crippen molar-refractivity contribution in [2.24, 2.45) is 18.2 Å². The maximum absolute atomic E-state index is 10.6. The number of aliphatic hydroxyl groups excluding tert-OH is 1. The molecule has 0 radical (unpaired) electrons. The summed E-state index contributed by atoms with van der Waals surface area (Å²) in [6, 6.07) is 0. The lowest BCUT2D eigenvalue weighted by molar-refractivity contribution is -0.0784. The molecule has 17 heavy (non-hydrogen) atoms. The van der Waals surface area contributed by atoms with Gasteiger partial charge in [-0.15, -0.1) is 0 Å². The Hall–Kier alpha value is -0.910. The molecule has 0 bridgehead atoms. The van der Waals surface area contributed by atoms with Crippen LogP contribution in [-0.2, 0) is 11.8 Å². The molecule has 1 aromatic rings. The first-order valence-corrected chi connectivity index (χ1v) is 6.05. The van der Waals surface area contributed by atoms with Crippen LogP contribution in [0, 0.1) is 12.3 Å². The molecule has 0 spiro atoms. The van der Waals surface area contributed by atoms with E-state index in [9.17, 15) is 5.11 Å². The van der Waals surface area contributed by atoms with Gasteiger partial charge in [0.2, 0.25) is 0 Å². The fourth-order valence-electron chi connectivity index (χ4n) is 2.48. The van der Waals surface area contributed by atoms with Gasteiger partial charge in [-0.3, -0.25) is 4.68 Å². The van der Waals surface area contributed by atoms with Gasteiger partial charge in [0.25, 0.3) is 0 Å². The zero-order valence-electron chi connectivity index (χ0n) is 10.5. The summed E-state index contributed by atoms with van der Waals surface area (Å²) in [4.78, 5) is 0. The molecule has 1 aliphatic rings. The van der Waals surface area contributed by atoms with Gasteiger partial charge in [0.15, 0.2) is 0 Å². The lowest BCUT2D eigenvalue weighted by atomic mass is 9.75. The second kappa shape index (κ2) is 4.76. The topological polar surface area (TPSA) is 73.3 Å². The quantitative estimate of drug-likeness (QED) is 0.806. The minimum Gasteiger partial charge on any atom is -0.388 e. The predicted octanol–water partition coefficient (Wildman–Crippen LogP) is 0.517. The number of hydrogen-bond donors (Lipinski definition) is 2. The zero-order valence-corrected chi connectivity index (χ0v) is 10.5. The average Bonchev–Trinajstić information content (AvgIpc) is 2.70. The summed E-state index contributed by atoms with van der Waals surface area (Å²) in [5, 5.41) is 14.7. The molecular formula is C12H21N3O2. The van der Waals surface area contributed by atoms with Crippen LogP contribution >= 0.6 is 0 Å². The Morgan fingerprint density at radius 2 is 2.47 bits per heavy atom. The number of aliphatic hydroxyl groups is 1. The average molecular weight is 239 g/mol. The van der Waals surface area contributed by atoms with E-state index in [1.807, 2.05) is 14.0 Å². The molecule has 2 atom stereocenters. The molecule has 2 unspecified atom stereocenters. The van der Waals surface area contributed by atoms with Crippen LogP contribution < -0.4 is 5.73 Å². The highest BCUT2D eigenvalue weighted by Crippen LogP contribution is 2.40. The van der Waals surface area contributed by atoms with E-state index >= 15 is 0 Å². The van der Waals surface area contributed by atoms with E-state index in [0.29, 0.717) is 13.2 Å². The van der Waals surface area contributed by atoms with E-state index in [1.165, 1.54) is 0 Å². The molecule has 1 aliphatic heterocycles. The molecule has 1 fully saturated rings. The third kappa shape index (κ3) is 2.10. The first kappa shape index (κ1) is 12.5. The van der Waals surface area contributed by atoms with Crippen molar-refractivity contribution in [2.75, 3.05) is 19.8 Å². The number of ether oxygens (including phenoxy) is 1. The largest absolute Gasteiger partial charge is 0.388 e. The molecule has 5 nitrogen and oxygen atoms in total. The van der Waals surface area contributed by atoms with Crippen molar-refractivity contribution in [2.45, 2.75) is 25.9 Å². The highest BCUT2D eigenvalue weighted by atomic mass is 16.5. The SMILES string of the molecule is Cc1c(C(O)C2(CN)CCCOC2)cnn1C. The van der Waals surface area contributed by atoms with Crippen molar-refractivity contribution >= 4 is 0 Å². The smallest absolute Gasteiger partial charge is 0.0913 e. The summed E-state index contributed by atoms with van der Waals surface area (Å²) < 4.78 is 7.27. The fourth-order valence-corrected chi connectivity index (χ4v) is 2.48. The summed E-state index contributed by atoms with van der Waals surface area (Å²) in [6.07, 6.45) is 2.99. The van der Waals surface area contributed by atoms with Crippen LogP contribution in [0.2, 0.25) is 0 Å². The molecule has 1 saturated heterocycles. The number of aromatic nitrogens is 2. The van der Waals surface area contributed by atoms with Gasteiger partial charge in [-0.25, -0.2) is 0 Å². The Labute approximate surface area is 102 Å². The van der Waals surface area contributed by atoms with Crippen LogP contribution in [0.4, 0.5) is 0 Å². The Morgan fingerprint density at radius 1 is 1.71 bits per heavy atom. The van der Waals surface area contributed by atoms with Gasteiger partial charge >= 0.3 is 0 Å². The van der Waals surface area contributed by atoms with E-state index in [-0.39, 0.29) is 5.41 Å². The standard InChI is InChI=1S/C12H21N3O2/c1-9-10(6-14-15(9)2)11(16)12(7-13)4-3-5-17-8-12/h6,11,16H,3-5,7-8,13H2,1-2H3. The second-order valence-corrected chi connectivity index (χ2v) is 4.93. The van der Waals surface area contributed by atoms with Crippen molar-refractivity contribution < 1.29 is 9.84 Å². The molecule has 2 rings (SSSR count). The fraction of sp³-hybridized carbons (Fsp3) is 0.750. The molecule has 0 saturated carbocycles. The summed E-state index contributed by atoms with van der Waals surface area (Å²) in [5.41, 5.74) is 7.36. The minimum absolute atomic E-state index is 0.355. The van der Waals surface area contributed by atoms with Crippen LogP contribution in [-0.4, -0.2) is 34.6 Å². The normalized spacial score (nSPS) is 27.1. The summed E-state index contributed by atoms with van der Waals surface area (Å²) in [7, 11) is 1.87. The first-order chi connectivity index (χ1) is 8.10.